The molecule has 23 heavy (non-hydrogen) atoms. The number of hydrogen-bond donors (Lipinski definition) is 0. The first-order valence-electron chi connectivity index (χ1n) is 8.88. The molecule has 0 saturated heterocycles. The largest absolute Gasteiger partial charge is 0.259 e. The van der Waals surface area contributed by atoms with Gasteiger partial charge in [-0.3, -0.25) is 9.98 Å². The zero-order chi connectivity index (χ0) is 17.1. The fourth-order valence-electron chi connectivity index (χ4n) is 2.55. The summed E-state index contributed by atoms with van der Waals surface area (Å²) in [4.78, 5) is 9.35. The van der Waals surface area contributed by atoms with Crippen LogP contribution in [0.5, 0.6) is 0 Å². The molecule has 0 radical (unpaired) electrons. The zero-order valence-corrected chi connectivity index (χ0v) is 15.4. The van der Waals surface area contributed by atoms with Crippen molar-refractivity contribution in [3.63, 3.8) is 0 Å². The number of rotatable bonds is 9. The van der Waals surface area contributed by atoms with E-state index in [1.165, 1.54) is 31.3 Å². The lowest BCUT2D eigenvalue weighted by Crippen LogP contribution is -2.00. The topological polar surface area (TPSA) is 24.7 Å². The normalized spacial score (nSPS) is 15.0. The zero-order valence-electron chi connectivity index (χ0n) is 15.4. The molecule has 0 unspecified atom stereocenters. The van der Waals surface area contributed by atoms with Crippen LogP contribution in [0.15, 0.2) is 57.3 Å². The van der Waals surface area contributed by atoms with E-state index < -0.39 is 0 Å². The third-order valence-corrected chi connectivity index (χ3v) is 3.85. The lowest BCUT2D eigenvalue weighted by molar-refractivity contribution is 0.685. The van der Waals surface area contributed by atoms with Crippen LogP contribution in [0.3, 0.4) is 0 Å². The van der Waals surface area contributed by atoms with Gasteiger partial charge in [0.2, 0.25) is 0 Å². The summed E-state index contributed by atoms with van der Waals surface area (Å²) in [6.07, 6.45) is 16.9. The minimum atomic E-state index is 0.829. The second-order valence-electron chi connectivity index (χ2n) is 6.29. The van der Waals surface area contributed by atoms with Crippen molar-refractivity contribution < 1.29 is 0 Å². The van der Waals surface area contributed by atoms with E-state index in [1.54, 1.807) is 0 Å². The average molecular weight is 313 g/mol. The molecule has 0 amide bonds. The van der Waals surface area contributed by atoms with Gasteiger partial charge >= 0.3 is 0 Å². The molecule has 2 heteroatoms. The Kier molecular flexibility index (Phi) is 9.20. The van der Waals surface area contributed by atoms with Crippen LogP contribution in [0, 0.1) is 0 Å². The Morgan fingerprint density at radius 3 is 2.57 bits per heavy atom. The maximum absolute atomic E-state index is 4.68. The molecule has 126 valence electrons. The molecule has 0 bridgehead atoms. The monoisotopic (exact) mass is 312 g/mol. The van der Waals surface area contributed by atoms with Crippen LogP contribution in [-0.2, 0) is 0 Å². The quantitative estimate of drug-likeness (QED) is 0.339. The van der Waals surface area contributed by atoms with E-state index >= 15 is 0 Å². The predicted molar refractivity (Wildman–Crippen MR) is 104 cm³/mol. The molecule has 0 atom stereocenters. The molecule has 1 aliphatic rings. The molecule has 0 N–H and O–H groups in total. The van der Waals surface area contributed by atoms with E-state index in [0.717, 1.165) is 41.9 Å². The van der Waals surface area contributed by atoms with Gasteiger partial charge in [-0.25, -0.2) is 0 Å². The van der Waals surface area contributed by atoms with Crippen LogP contribution < -0.4 is 0 Å². The number of hydrogen-bond acceptors (Lipinski definition) is 2. The predicted octanol–water partition coefficient (Wildman–Crippen LogP) is 6.57. The number of allylic oxidation sites excluding steroid dienone is 5. The molecule has 0 saturated carbocycles. The molecule has 0 heterocycles. The van der Waals surface area contributed by atoms with Crippen molar-refractivity contribution in [3.8, 4) is 0 Å². The van der Waals surface area contributed by atoms with Gasteiger partial charge in [0.15, 0.2) is 0 Å². The molecular formula is C21H32N2. The van der Waals surface area contributed by atoms with E-state index in [4.69, 9.17) is 0 Å². The smallest absolute Gasteiger partial charge is 0.0824 e. The molecule has 1 rings (SSSR count). The Morgan fingerprint density at radius 2 is 1.96 bits per heavy atom. The second kappa shape index (κ2) is 10.9. The Hall–Kier alpha value is -1.70. The van der Waals surface area contributed by atoms with Crippen LogP contribution in [0.2, 0.25) is 0 Å². The number of nitrogens with zero attached hydrogens (tertiary/aromatic N) is 2. The maximum Gasteiger partial charge on any atom is 0.0824 e. The van der Waals surface area contributed by atoms with Crippen LogP contribution in [0.1, 0.15) is 72.6 Å². The highest BCUT2D eigenvalue weighted by atomic mass is 14.8. The molecule has 0 aromatic heterocycles. The van der Waals surface area contributed by atoms with Crippen LogP contribution in [-0.4, -0.2) is 11.9 Å². The fraction of sp³-hybridized carbons (Fsp3) is 0.524. The average Bonchev–Trinajstić information content (AvgIpc) is 2.54. The van der Waals surface area contributed by atoms with Gasteiger partial charge in [-0.15, -0.1) is 0 Å². The molecule has 0 spiro atoms. The molecule has 0 fully saturated rings. The van der Waals surface area contributed by atoms with Crippen LogP contribution in [0.4, 0.5) is 0 Å². The van der Waals surface area contributed by atoms with Crippen molar-refractivity contribution in [2.75, 3.05) is 0 Å². The van der Waals surface area contributed by atoms with Crippen molar-refractivity contribution >= 4 is 11.9 Å². The van der Waals surface area contributed by atoms with Gasteiger partial charge in [0.1, 0.15) is 0 Å². The number of unbranched alkanes of at least 4 members (excludes halogenated alkanes) is 4. The van der Waals surface area contributed by atoms with Gasteiger partial charge in [-0.2, -0.15) is 0 Å². The van der Waals surface area contributed by atoms with Gasteiger partial charge in [-0.1, -0.05) is 51.0 Å². The van der Waals surface area contributed by atoms with E-state index in [-0.39, 0.29) is 0 Å². The van der Waals surface area contributed by atoms with Gasteiger partial charge in [-0.05, 0) is 57.6 Å². The first-order valence-corrected chi connectivity index (χ1v) is 8.88. The Bertz CT molecular complexity index is 538. The third-order valence-electron chi connectivity index (χ3n) is 3.85. The summed E-state index contributed by atoms with van der Waals surface area (Å²) < 4.78 is 0. The summed E-state index contributed by atoms with van der Waals surface area (Å²) in [5, 5.41) is 0. The van der Waals surface area contributed by atoms with E-state index in [0.29, 0.717) is 0 Å². The van der Waals surface area contributed by atoms with Crippen molar-refractivity contribution in [2.45, 2.75) is 72.6 Å². The van der Waals surface area contributed by atoms with Crippen LogP contribution in [0.25, 0.3) is 0 Å². The first-order chi connectivity index (χ1) is 11.1. The Morgan fingerprint density at radius 1 is 1.17 bits per heavy atom. The highest BCUT2D eigenvalue weighted by Crippen LogP contribution is 2.19. The fourth-order valence-corrected chi connectivity index (χ4v) is 2.55. The van der Waals surface area contributed by atoms with Gasteiger partial charge in [0, 0.05) is 6.21 Å². The SMILES string of the molecule is C=C(/N=C(/C)C(/N=C\CCCCCC)=C(C)C)C1=CCCC=C1. The summed E-state index contributed by atoms with van der Waals surface area (Å²) in [5.41, 5.74) is 5.08. The van der Waals surface area contributed by atoms with E-state index in [1.807, 2.05) is 13.1 Å². The van der Waals surface area contributed by atoms with Gasteiger partial charge in [0.25, 0.3) is 0 Å². The molecular weight excluding hydrogens is 280 g/mol. The molecule has 1 aliphatic carbocycles. The van der Waals surface area contributed by atoms with Crippen LogP contribution >= 0.6 is 0 Å². The van der Waals surface area contributed by atoms with Gasteiger partial charge < -0.3 is 0 Å². The summed E-state index contributed by atoms with van der Waals surface area (Å²) in [6.45, 7) is 12.5. The lowest BCUT2D eigenvalue weighted by atomic mass is 10.1. The minimum absolute atomic E-state index is 0.829. The van der Waals surface area contributed by atoms with E-state index in [2.05, 4.69) is 55.6 Å². The maximum atomic E-state index is 4.68. The summed E-state index contributed by atoms with van der Waals surface area (Å²) in [6, 6.07) is 0. The summed E-state index contributed by atoms with van der Waals surface area (Å²) in [5.74, 6) is 0. The van der Waals surface area contributed by atoms with Crippen molar-refractivity contribution in [1.29, 1.82) is 0 Å². The number of aliphatic imine (C=N–C) groups is 2. The highest BCUT2D eigenvalue weighted by molar-refractivity contribution is 6.00. The minimum Gasteiger partial charge on any atom is -0.259 e. The molecule has 2 nitrogen and oxygen atoms in total. The Balaban J connectivity index is 2.69. The highest BCUT2D eigenvalue weighted by Gasteiger charge is 2.06. The molecule has 0 aliphatic heterocycles. The second-order valence-corrected chi connectivity index (χ2v) is 6.29. The summed E-state index contributed by atoms with van der Waals surface area (Å²) in [7, 11) is 0. The molecule has 0 aromatic rings. The molecule has 0 aromatic carbocycles. The third kappa shape index (κ3) is 7.40. The Labute approximate surface area is 142 Å². The van der Waals surface area contributed by atoms with E-state index in [9.17, 15) is 0 Å². The van der Waals surface area contributed by atoms with Gasteiger partial charge in [0.05, 0.1) is 17.1 Å². The van der Waals surface area contributed by atoms with Crippen molar-refractivity contribution in [3.05, 3.63) is 47.3 Å². The first kappa shape index (κ1) is 19.3. The summed E-state index contributed by atoms with van der Waals surface area (Å²) >= 11 is 0. The standard InChI is InChI=1S/C21H32N2/c1-6-7-8-9-13-16-22-21(17(2)3)19(5)23-18(4)20-14-11-10-12-15-20/h11,14-16H,4,6-10,12-13H2,1-3,5H3/b22-16-,23-19-. The lowest BCUT2D eigenvalue weighted by Gasteiger charge is -2.09. The van der Waals surface area contributed by atoms with Crippen molar-refractivity contribution in [1.82, 2.24) is 0 Å². The van der Waals surface area contributed by atoms with Crippen molar-refractivity contribution in [2.24, 2.45) is 9.98 Å².